The van der Waals surface area contributed by atoms with Crippen molar-refractivity contribution >= 4 is 0 Å². The zero-order valence-corrected chi connectivity index (χ0v) is 12.5. The Hall–Kier alpha value is -1.22. The van der Waals surface area contributed by atoms with Gasteiger partial charge in [-0.3, -0.25) is 0 Å². The van der Waals surface area contributed by atoms with Crippen LogP contribution in [0.2, 0.25) is 0 Å². The molecule has 1 aliphatic rings. The number of methoxy groups -OCH3 is 1. The quantitative estimate of drug-likeness (QED) is 0.885. The Kier molecular flexibility index (Phi) is 4.70. The van der Waals surface area contributed by atoms with Crippen molar-refractivity contribution in [3.8, 4) is 11.5 Å². The van der Waals surface area contributed by atoms with Crippen molar-refractivity contribution in [3.63, 3.8) is 0 Å². The summed E-state index contributed by atoms with van der Waals surface area (Å²) in [6, 6.07) is 4.93. The summed E-state index contributed by atoms with van der Waals surface area (Å²) in [5.74, 6) is 2.46. The molecule has 0 aromatic heterocycles. The summed E-state index contributed by atoms with van der Waals surface area (Å²) < 4.78 is 11.2. The second kappa shape index (κ2) is 6.29. The first-order valence-electron chi connectivity index (χ1n) is 7.32. The van der Waals surface area contributed by atoms with Crippen LogP contribution in [-0.4, -0.2) is 20.3 Å². The summed E-state index contributed by atoms with van der Waals surface area (Å²) in [5.41, 5.74) is 2.86. The minimum Gasteiger partial charge on any atom is -0.493 e. The van der Waals surface area contributed by atoms with E-state index < -0.39 is 0 Å². The molecule has 1 aliphatic heterocycles. The Labute approximate surface area is 116 Å². The molecule has 106 valence electrons. The van der Waals surface area contributed by atoms with Gasteiger partial charge in [0.25, 0.3) is 0 Å². The second-order valence-electron chi connectivity index (χ2n) is 5.65. The van der Waals surface area contributed by atoms with Crippen molar-refractivity contribution in [1.82, 2.24) is 0 Å². The van der Waals surface area contributed by atoms with E-state index in [2.05, 4.69) is 31.3 Å². The van der Waals surface area contributed by atoms with Crippen molar-refractivity contribution in [1.29, 1.82) is 0 Å². The van der Waals surface area contributed by atoms with Gasteiger partial charge in [-0.05, 0) is 30.5 Å². The predicted molar refractivity (Wildman–Crippen MR) is 76.9 cm³/mol. The number of fused-ring (bicyclic) bond motifs is 1. The maximum absolute atomic E-state index is 5.71. The van der Waals surface area contributed by atoms with Crippen LogP contribution in [0.25, 0.3) is 0 Å². The van der Waals surface area contributed by atoms with Gasteiger partial charge in [0.05, 0.1) is 20.3 Å². The molecule has 3 heteroatoms. The topological polar surface area (TPSA) is 35.1 Å². The van der Waals surface area contributed by atoms with Gasteiger partial charge in [0.2, 0.25) is 0 Å². The fraction of sp³-hybridized carbons (Fsp3) is 0.625. The third kappa shape index (κ3) is 3.21. The summed E-state index contributed by atoms with van der Waals surface area (Å²) in [4.78, 5) is 0. The van der Waals surface area contributed by atoms with E-state index in [0.29, 0.717) is 18.6 Å². The molecule has 0 spiro atoms. The molecule has 1 aromatic carbocycles. The van der Waals surface area contributed by atoms with Gasteiger partial charge < -0.3 is 14.8 Å². The summed E-state index contributed by atoms with van der Waals surface area (Å²) in [5, 5.41) is 2.46. The highest BCUT2D eigenvalue weighted by Crippen LogP contribution is 2.35. The zero-order chi connectivity index (χ0) is 13.8. The van der Waals surface area contributed by atoms with Gasteiger partial charge >= 0.3 is 0 Å². The first-order valence-corrected chi connectivity index (χ1v) is 7.32. The molecule has 0 saturated carbocycles. The van der Waals surface area contributed by atoms with Crippen LogP contribution in [0.1, 0.15) is 44.4 Å². The third-order valence-corrected chi connectivity index (χ3v) is 3.71. The fourth-order valence-electron chi connectivity index (χ4n) is 2.91. The van der Waals surface area contributed by atoms with E-state index in [1.54, 1.807) is 7.11 Å². The Morgan fingerprint density at radius 1 is 1.32 bits per heavy atom. The van der Waals surface area contributed by atoms with Gasteiger partial charge in [-0.1, -0.05) is 13.8 Å². The van der Waals surface area contributed by atoms with Gasteiger partial charge in [-0.15, -0.1) is 0 Å². The number of nitrogens with two attached hydrogens (primary N) is 1. The molecule has 0 bridgehead atoms. The van der Waals surface area contributed by atoms with E-state index in [-0.39, 0.29) is 0 Å². The van der Waals surface area contributed by atoms with Crippen molar-refractivity contribution < 1.29 is 14.8 Å². The van der Waals surface area contributed by atoms with Gasteiger partial charge in [0.15, 0.2) is 11.5 Å². The highest BCUT2D eigenvalue weighted by Gasteiger charge is 2.26. The number of benzene rings is 1. The van der Waals surface area contributed by atoms with E-state index in [9.17, 15) is 0 Å². The van der Waals surface area contributed by atoms with Crippen molar-refractivity contribution in [2.75, 3.05) is 20.3 Å². The molecular weight excluding hydrogens is 238 g/mol. The predicted octanol–water partition coefficient (Wildman–Crippen LogP) is 2.30. The van der Waals surface area contributed by atoms with Crippen LogP contribution < -0.4 is 14.8 Å². The SMILES string of the molecule is CCOc1cc2c(cc1OC)CC[NH2+][C@@H]2CC(C)C. The van der Waals surface area contributed by atoms with E-state index in [4.69, 9.17) is 9.47 Å². The molecule has 0 radical (unpaired) electrons. The van der Waals surface area contributed by atoms with Crippen LogP contribution in [0.5, 0.6) is 11.5 Å². The van der Waals surface area contributed by atoms with Crippen LogP contribution >= 0.6 is 0 Å². The lowest BCUT2D eigenvalue weighted by molar-refractivity contribution is -0.700. The molecule has 19 heavy (non-hydrogen) atoms. The van der Waals surface area contributed by atoms with E-state index >= 15 is 0 Å². The average Bonchev–Trinajstić information content (AvgIpc) is 2.38. The molecule has 0 saturated heterocycles. The lowest BCUT2D eigenvalue weighted by Gasteiger charge is -2.26. The van der Waals surface area contributed by atoms with Gasteiger partial charge in [0.1, 0.15) is 6.04 Å². The molecule has 3 nitrogen and oxygen atoms in total. The van der Waals surface area contributed by atoms with E-state index in [1.165, 1.54) is 24.1 Å². The van der Waals surface area contributed by atoms with Crippen LogP contribution in [0.3, 0.4) is 0 Å². The molecule has 2 N–H and O–H groups in total. The smallest absolute Gasteiger partial charge is 0.161 e. The van der Waals surface area contributed by atoms with Crippen LogP contribution in [0, 0.1) is 5.92 Å². The minimum absolute atomic E-state index is 0.564. The maximum atomic E-state index is 5.71. The Bertz CT molecular complexity index is 429. The Morgan fingerprint density at radius 2 is 2.11 bits per heavy atom. The van der Waals surface area contributed by atoms with E-state index in [0.717, 1.165) is 17.9 Å². The monoisotopic (exact) mass is 264 g/mol. The largest absolute Gasteiger partial charge is 0.493 e. The molecule has 0 aliphatic carbocycles. The zero-order valence-electron chi connectivity index (χ0n) is 12.5. The number of rotatable bonds is 5. The molecule has 0 unspecified atom stereocenters. The lowest BCUT2D eigenvalue weighted by Crippen LogP contribution is -2.87. The number of ether oxygens (including phenoxy) is 2. The second-order valence-corrected chi connectivity index (χ2v) is 5.65. The van der Waals surface area contributed by atoms with E-state index in [1.807, 2.05) is 6.92 Å². The summed E-state index contributed by atoms with van der Waals surface area (Å²) in [6.07, 6.45) is 2.33. The summed E-state index contributed by atoms with van der Waals surface area (Å²) in [6.45, 7) is 8.43. The molecule has 2 rings (SSSR count). The van der Waals surface area contributed by atoms with Gasteiger partial charge in [-0.2, -0.15) is 0 Å². The molecule has 1 aromatic rings. The summed E-state index contributed by atoms with van der Waals surface area (Å²) in [7, 11) is 1.71. The minimum atomic E-state index is 0.564. The highest BCUT2D eigenvalue weighted by atomic mass is 16.5. The fourth-order valence-corrected chi connectivity index (χ4v) is 2.91. The third-order valence-electron chi connectivity index (χ3n) is 3.71. The number of hydrogen-bond acceptors (Lipinski definition) is 2. The number of hydrogen-bond donors (Lipinski definition) is 1. The Balaban J connectivity index is 2.35. The van der Waals surface area contributed by atoms with Crippen LogP contribution in [0.4, 0.5) is 0 Å². The normalized spacial score (nSPS) is 18.3. The standard InChI is InChI=1S/C16H25NO2/c1-5-19-16-10-13-12(9-15(16)18-4)6-7-17-14(13)8-11(2)3/h9-11,14,17H,5-8H2,1-4H3/p+1/t14-/m1/s1. The molecule has 1 atom stereocenters. The first kappa shape index (κ1) is 14.2. The highest BCUT2D eigenvalue weighted by molar-refractivity contribution is 5.48. The number of quaternary nitrogens is 1. The Morgan fingerprint density at radius 3 is 2.74 bits per heavy atom. The maximum Gasteiger partial charge on any atom is 0.161 e. The molecule has 0 fully saturated rings. The molecule has 0 amide bonds. The van der Waals surface area contributed by atoms with Crippen LogP contribution in [-0.2, 0) is 6.42 Å². The van der Waals surface area contributed by atoms with Crippen LogP contribution in [0.15, 0.2) is 12.1 Å². The molecular formula is C16H26NO2+. The first-order chi connectivity index (χ1) is 9.15. The van der Waals surface area contributed by atoms with Crippen molar-refractivity contribution in [2.45, 2.75) is 39.7 Å². The molecule has 1 heterocycles. The van der Waals surface area contributed by atoms with Crippen molar-refractivity contribution in [2.24, 2.45) is 5.92 Å². The average molecular weight is 264 g/mol. The van der Waals surface area contributed by atoms with Crippen molar-refractivity contribution in [3.05, 3.63) is 23.3 Å². The van der Waals surface area contributed by atoms with Gasteiger partial charge in [0, 0.05) is 18.4 Å². The lowest BCUT2D eigenvalue weighted by atomic mass is 9.89. The summed E-state index contributed by atoms with van der Waals surface area (Å²) >= 11 is 0. The van der Waals surface area contributed by atoms with Gasteiger partial charge in [-0.25, -0.2) is 0 Å².